The van der Waals surface area contributed by atoms with Crippen LogP contribution in [0.15, 0.2) is 36.4 Å². The summed E-state index contributed by atoms with van der Waals surface area (Å²) in [7, 11) is 0. The van der Waals surface area contributed by atoms with Crippen LogP contribution >= 0.6 is 11.6 Å². The Morgan fingerprint density at radius 3 is 2.54 bits per heavy atom. The molecule has 1 N–H and O–H groups in total. The van der Waals surface area contributed by atoms with Crippen molar-refractivity contribution in [3.63, 3.8) is 0 Å². The van der Waals surface area contributed by atoms with Gasteiger partial charge in [-0.05, 0) is 96.3 Å². The van der Waals surface area contributed by atoms with E-state index < -0.39 is 0 Å². The molecule has 2 fully saturated rings. The van der Waals surface area contributed by atoms with Gasteiger partial charge in [0.2, 0.25) is 11.9 Å². The number of aryl methyl sites for hydroxylation is 2. The number of fused-ring (bicyclic) bond motifs is 1. The number of nitrogens with zero attached hydrogens (tertiary/aromatic N) is 5. The summed E-state index contributed by atoms with van der Waals surface area (Å²) in [6.45, 7) is 10.3. The zero-order chi connectivity index (χ0) is 28.9. The van der Waals surface area contributed by atoms with Crippen molar-refractivity contribution in [2.75, 3.05) is 44.6 Å². The summed E-state index contributed by atoms with van der Waals surface area (Å²) in [4.78, 5) is 39.8. The van der Waals surface area contributed by atoms with Gasteiger partial charge in [0.1, 0.15) is 17.4 Å². The van der Waals surface area contributed by atoms with Gasteiger partial charge in [0, 0.05) is 36.6 Å². The van der Waals surface area contributed by atoms with Crippen molar-refractivity contribution in [3.8, 4) is 5.75 Å². The molecule has 9 nitrogen and oxygen atoms in total. The van der Waals surface area contributed by atoms with Crippen LogP contribution in [0.1, 0.15) is 66.8 Å². The molecule has 0 unspecified atom stereocenters. The third kappa shape index (κ3) is 6.73. The molecule has 0 bridgehead atoms. The van der Waals surface area contributed by atoms with Gasteiger partial charge in [-0.2, -0.15) is 0 Å². The van der Waals surface area contributed by atoms with E-state index in [-0.39, 0.29) is 17.9 Å². The number of nitrogens with one attached hydrogen (secondary N) is 1. The lowest BCUT2D eigenvalue weighted by molar-refractivity contribution is -0.126. The number of carbonyl (C=O) groups excluding carboxylic acids is 2. The summed E-state index contributed by atoms with van der Waals surface area (Å²) < 4.78 is 8.17. The zero-order valence-electron chi connectivity index (χ0n) is 24.2. The third-order valence-corrected chi connectivity index (χ3v) is 8.19. The minimum absolute atomic E-state index is 0.0193. The third-order valence-electron chi connectivity index (χ3n) is 7.82. The molecule has 0 saturated carbocycles. The van der Waals surface area contributed by atoms with Gasteiger partial charge in [-0.15, -0.1) is 0 Å². The van der Waals surface area contributed by atoms with Gasteiger partial charge >= 0.3 is 0 Å². The fourth-order valence-corrected chi connectivity index (χ4v) is 6.20. The van der Waals surface area contributed by atoms with Crippen LogP contribution in [-0.4, -0.2) is 75.5 Å². The van der Waals surface area contributed by atoms with Crippen LogP contribution in [0.25, 0.3) is 11.0 Å². The number of allylic oxidation sites excluding steroid dienone is 1. The van der Waals surface area contributed by atoms with Crippen LogP contribution in [0.2, 0.25) is 5.02 Å². The second kappa shape index (κ2) is 13.0. The van der Waals surface area contributed by atoms with E-state index in [2.05, 4.69) is 15.2 Å². The lowest BCUT2D eigenvalue weighted by Crippen LogP contribution is -2.34. The monoisotopic (exact) mass is 578 g/mol. The van der Waals surface area contributed by atoms with Gasteiger partial charge in [-0.3, -0.25) is 24.8 Å². The molecule has 2 aromatic heterocycles. The molecule has 2 saturated heterocycles. The number of anilines is 1. The van der Waals surface area contributed by atoms with Crippen LogP contribution in [-0.2, 0) is 4.79 Å². The Hall–Kier alpha value is -3.43. The van der Waals surface area contributed by atoms with E-state index in [4.69, 9.17) is 21.3 Å². The number of imidazole rings is 1. The van der Waals surface area contributed by atoms with Gasteiger partial charge < -0.3 is 14.2 Å². The van der Waals surface area contributed by atoms with Crippen molar-refractivity contribution in [1.29, 1.82) is 0 Å². The Bertz CT molecular complexity index is 1430. The smallest absolute Gasteiger partial charge is 0.258 e. The first kappa shape index (κ1) is 29.1. The number of amides is 2. The first-order chi connectivity index (χ1) is 19.8. The highest BCUT2D eigenvalue weighted by Gasteiger charge is 2.28. The molecule has 2 aliphatic rings. The second-order valence-electron chi connectivity index (χ2n) is 11.0. The molecule has 2 amide bonds. The molecule has 218 valence electrons. The highest BCUT2D eigenvalue weighted by molar-refractivity contribution is 6.36. The lowest BCUT2D eigenvalue weighted by atomic mass is 10.1. The lowest BCUT2D eigenvalue weighted by Gasteiger charge is -2.26. The maximum Gasteiger partial charge on any atom is 0.258 e. The van der Waals surface area contributed by atoms with Crippen LogP contribution in [0.5, 0.6) is 5.75 Å². The molecular weight excluding hydrogens is 540 g/mol. The first-order valence-electron chi connectivity index (χ1n) is 14.6. The minimum Gasteiger partial charge on any atom is -0.491 e. The van der Waals surface area contributed by atoms with E-state index in [0.717, 1.165) is 50.3 Å². The summed E-state index contributed by atoms with van der Waals surface area (Å²) in [5.74, 6) is 0.699. The molecule has 0 radical (unpaired) electrons. The Morgan fingerprint density at radius 2 is 1.80 bits per heavy atom. The topological polar surface area (TPSA) is 92.6 Å². The Balaban J connectivity index is 1.52. The van der Waals surface area contributed by atoms with Gasteiger partial charge in [0.15, 0.2) is 0 Å². The van der Waals surface area contributed by atoms with Crippen molar-refractivity contribution >= 4 is 40.4 Å². The van der Waals surface area contributed by atoms with Crippen molar-refractivity contribution in [2.24, 2.45) is 0 Å². The van der Waals surface area contributed by atoms with E-state index in [1.807, 2.05) is 42.4 Å². The van der Waals surface area contributed by atoms with Crippen LogP contribution in [0.4, 0.5) is 5.95 Å². The number of benzene rings is 1. The number of likely N-dealkylation sites (tertiary alicyclic amines) is 2. The van der Waals surface area contributed by atoms with Gasteiger partial charge in [0.25, 0.3) is 5.91 Å². The molecule has 1 atom stereocenters. The molecule has 3 aromatic rings. The first-order valence-corrected chi connectivity index (χ1v) is 15.0. The summed E-state index contributed by atoms with van der Waals surface area (Å²) in [6.07, 6.45) is 8.48. The Labute approximate surface area is 246 Å². The van der Waals surface area contributed by atoms with E-state index in [1.54, 1.807) is 24.3 Å². The number of hydrogen-bond donors (Lipinski definition) is 1. The van der Waals surface area contributed by atoms with Crippen LogP contribution in [0.3, 0.4) is 0 Å². The van der Waals surface area contributed by atoms with E-state index >= 15 is 0 Å². The number of hydrogen-bond acceptors (Lipinski definition) is 6. The van der Waals surface area contributed by atoms with E-state index in [9.17, 15) is 9.59 Å². The maximum atomic E-state index is 13.4. The quantitative estimate of drug-likeness (QED) is 0.352. The molecule has 5 rings (SSSR count). The fraction of sp³-hybridized carbons (Fsp3) is 0.484. The van der Waals surface area contributed by atoms with E-state index in [0.29, 0.717) is 53.0 Å². The SMILES string of the molecule is C/C=C/C(=O)N1CCCC[C@@H](n2c(NC(=O)c3cc(C)nc(C)c3)nc3ccc(OCCN4CCCC4)c(Cl)c32)C1. The highest BCUT2D eigenvalue weighted by atomic mass is 35.5. The number of aromatic nitrogens is 3. The number of halogens is 1. The fourth-order valence-electron chi connectivity index (χ4n) is 5.89. The molecule has 2 aliphatic heterocycles. The molecule has 10 heteroatoms. The molecule has 4 heterocycles. The average Bonchev–Trinajstić information content (AvgIpc) is 3.51. The zero-order valence-corrected chi connectivity index (χ0v) is 24.9. The van der Waals surface area contributed by atoms with Gasteiger partial charge in [0.05, 0.1) is 17.1 Å². The van der Waals surface area contributed by atoms with Crippen LogP contribution in [0, 0.1) is 13.8 Å². The molecule has 0 spiro atoms. The van der Waals surface area contributed by atoms with Crippen molar-refractivity contribution in [2.45, 2.75) is 58.9 Å². The number of rotatable bonds is 8. The average molecular weight is 579 g/mol. The van der Waals surface area contributed by atoms with E-state index in [1.165, 1.54) is 12.8 Å². The normalized spacial score (nSPS) is 18.2. The van der Waals surface area contributed by atoms with Crippen LogP contribution < -0.4 is 10.1 Å². The van der Waals surface area contributed by atoms with Crippen molar-refractivity contribution < 1.29 is 14.3 Å². The summed E-state index contributed by atoms with van der Waals surface area (Å²) in [5.41, 5.74) is 3.41. The van der Waals surface area contributed by atoms with Crippen molar-refractivity contribution in [1.82, 2.24) is 24.3 Å². The Morgan fingerprint density at radius 1 is 1.07 bits per heavy atom. The predicted molar refractivity (Wildman–Crippen MR) is 162 cm³/mol. The summed E-state index contributed by atoms with van der Waals surface area (Å²) in [6, 6.07) is 7.13. The standard InChI is InChI=1S/C31H39ClN6O3/c1-4-9-27(39)37-15-6-5-10-24(20-37)38-29-25(11-12-26(28(29)32)41-17-16-36-13-7-8-14-36)34-31(38)35-30(40)23-18-21(2)33-22(3)19-23/h4,9,11-12,18-19,24H,5-8,10,13-17,20H2,1-3H3,(H,34,35,40)/b9-4+/t24-/m1/s1. The minimum atomic E-state index is -0.274. The predicted octanol–water partition coefficient (Wildman–Crippen LogP) is 5.56. The maximum absolute atomic E-state index is 13.4. The highest BCUT2D eigenvalue weighted by Crippen LogP contribution is 2.38. The number of carbonyl (C=O) groups is 2. The summed E-state index contributed by atoms with van der Waals surface area (Å²) in [5, 5.41) is 3.51. The second-order valence-corrected chi connectivity index (χ2v) is 11.4. The molecule has 1 aromatic carbocycles. The Kier molecular flexibility index (Phi) is 9.25. The number of ether oxygens (including phenoxy) is 1. The summed E-state index contributed by atoms with van der Waals surface area (Å²) >= 11 is 7.05. The van der Waals surface area contributed by atoms with Gasteiger partial charge in [-0.1, -0.05) is 17.7 Å². The largest absolute Gasteiger partial charge is 0.491 e. The molecule has 0 aliphatic carbocycles. The number of pyridine rings is 1. The molecule has 41 heavy (non-hydrogen) atoms. The van der Waals surface area contributed by atoms with Gasteiger partial charge in [-0.25, -0.2) is 4.98 Å². The molecular formula is C31H39ClN6O3. The van der Waals surface area contributed by atoms with Crippen molar-refractivity contribution in [3.05, 3.63) is 58.4 Å².